The molecule has 6 heteroatoms. The molecule has 0 unspecified atom stereocenters. The summed E-state index contributed by atoms with van der Waals surface area (Å²) < 4.78 is 14.8. The fourth-order valence-corrected chi connectivity index (χ4v) is 1.42. The van der Waals surface area contributed by atoms with Gasteiger partial charge in [-0.3, -0.25) is 0 Å². The molecular formula is C9H8ClFN4. The molecule has 0 aliphatic rings. The van der Waals surface area contributed by atoms with Gasteiger partial charge in [-0.15, -0.1) is 5.10 Å². The summed E-state index contributed by atoms with van der Waals surface area (Å²) >= 11 is 5.75. The molecule has 2 rings (SSSR count). The van der Waals surface area contributed by atoms with E-state index in [4.69, 9.17) is 17.3 Å². The fourth-order valence-electron chi connectivity index (χ4n) is 1.23. The summed E-state index contributed by atoms with van der Waals surface area (Å²) in [5.74, 6) is -0.0223. The Hall–Kier alpha value is -1.62. The third-order valence-electron chi connectivity index (χ3n) is 1.90. The van der Waals surface area contributed by atoms with E-state index in [1.807, 2.05) is 0 Å². The number of anilines is 1. The maximum Gasteiger partial charge on any atom is 0.165 e. The van der Waals surface area contributed by atoms with Crippen LogP contribution >= 0.6 is 11.6 Å². The smallest absolute Gasteiger partial charge is 0.165 e. The normalized spacial score (nSPS) is 10.5. The maximum absolute atomic E-state index is 13.3. The minimum absolute atomic E-state index is 0.261. The second-order valence-corrected chi connectivity index (χ2v) is 3.51. The predicted molar refractivity (Wildman–Crippen MR) is 54.9 cm³/mol. The van der Waals surface area contributed by atoms with E-state index < -0.39 is 0 Å². The number of benzene rings is 1. The van der Waals surface area contributed by atoms with Crippen molar-refractivity contribution in [3.63, 3.8) is 0 Å². The number of hydrogen-bond acceptors (Lipinski definition) is 3. The van der Waals surface area contributed by atoms with Crippen molar-refractivity contribution in [3.8, 4) is 0 Å². The van der Waals surface area contributed by atoms with E-state index in [9.17, 15) is 4.39 Å². The molecule has 0 fully saturated rings. The zero-order chi connectivity index (χ0) is 10.8. The second-order valence-electron chi connectivity index (χ2n) is 3.08. The summed E-state index contributed by atoms with van der Waals surface area (Å²) in [6.45, 7) is 0.261. The first-order valence-electron chi connectivity index (χ1n) is 4.24. The summed E-state index contributed by atoms with van der Waals surface area (Å²) in [5, 5.41) is 7.80. The lowest BCUT2D eigenvalue weighted by molar-refractivity contribution is 0.577. The Morgan fingerprint density at radius 3 is 2.93 bits per heavy atom. The van der Waals surface area contributed by atoms with Gasteiger partial charge in [0.1, 0.15) is 5.82 Å². The lowest BCUT2D eigenvalue weighted by Gasteiger charge is -2.02. The van der Waals surface area contributed by atoms with E-state index in [0.717, 1.165) is 0 Å². The average molecular weight is 227 g/mol. The van der Waals surface area contributed by atoms with Crippen molar-refractivity contribution in [2.75, 3.05) is 5.73 Å². The number of rotatable bonds is 2. The highest BCUT2D eigenvalue weighted by Gasteiger charge is 2.05. The summed E-state index contributed by atoms with van der Waals surface area (Å²) in [6, 6.07) is 4.36. The average Bonchev–Trinajstić information content (AvgIpc) is 2.58. The molecule has 2 N–H and O–H groups in total. The van der Waals surface area contributed by atoms with E-state index in [2.05, 4.69) is 10.3 Å². The molecule has 0 aliphatic carbocycles. The highest BCUT2D eigenvalue weighted by atomic mass is 35.5. The van der Waals surface area contributed by atoms with Gasteiger partial charge < -0.3 is 5.73 Å². The molecule has 15 heavy (non-hydrogen) atoms. The number of nitrogen functional groups attached to an aromatic ring is 1. The van der Waals surface area contributed by atoms with Gasteiger partial charge in [0, 0.05) is 10.6 Å². The van der Waals surface area contributed by atoms with Gasteiger partial charge in [-0.2, -0.15) is 0 Å². The summed E-state index contributed by atoms with van der Waals surface area (Å²) in [7, 11) is 0. The number of hydrogen-bond donors (Lipinski definition) is 1. The Balaban J connectivity index is 2.27. The van der Waals surface area contributed by atoms with Crippen LogP contribution in [-0.2, 0) is 6.54 Å². The third-order valence-corrected chi connectivity index (χ3v) is 2.13. The molecular weight excluding hydrogens is 219 g/mol. The second kappa shape index (κ2) is 3.86. The van der Waals surface area contributed by atoms with Crippen LogP contribution in [0.25, 0.3) is 0 Å². The van der Waals surface area contributed by atoms with Gasteiger partial charge in [-0.1, -0.05) is 16.8 Å². The van der Waals surface area contributed by atoms with E-state index in [1.165, 1.54) is 23.0 Å². The minimum atomic E-state index is -0.325. The van der Waals surface area contributed by atoms with Crippen LogP contribution in [0.5, 0.6) is 0 Å². The Morgan fingerprint density at radius 2 is 2.27 bits per heavy atom. The largest absolute Gasteiger partial charge is 0.381 e. The molecule has 1 heterocycles. The van der Waals surface area contributed by atoms with Gasteiger partial charge in [0.15, 0.2) is 5.82 Å². The summed E-state index contributed by atoms with van der Waals surface area (Å²) in [6.07, 6.45) is 1.53. The van der Waals surface area contributed by atoms with Crippen LogP contribution in [-0.4, -0.2) is 15.0 Å². The van der Waals surface area contributed by atoms with Crippen molar-refractivity contribution >= 4 is 17.4 Å². The van der Waals surface area contributed by atoms with E-state index in [1.54, 1.807) is 6.07 Å². The van der Waals surface area contributed by atoms with Gasteiger partial charge >= 0.3 is 0 Å². The Morgan fingerprint density at radius 1 is 1.47 bits per heavy atom. The van der Waals surface area contributed by atoms with E-state index >= 15 is 0 Å². The van der Waals surface area contributed by atoms with Crippen molar-refractivity contribution in [3.05, 3.63) is 40.8 Å². The molecule has 0 saturated heterocycles. The van der Waals surface area contributed by atoms with Gasteiger partial charge in [0.2, 0.25) is 0 Å². The summed E-state index contributed by atoms with van der Waals surface area (Å²) in [5.41, 5.74) is 5.84. The van der Waals surface area contributed by atoms with Crippen molar-refractivity contribution in [1.82, 2.24) is 15.0 Å². The number of nitrogens with two attached hydrogens (primary N) is 1. The SMILES string of the molecule is Nc1cn(Cc2cc(Cl)ccc2F)nn1. The van der Waals surface area contributed by atoms with Gasteiger partial charge in [-0.25, -0.2) is 9.07 Å². The molecule has 4 nitrogen and oxygen atoms in total. The molecule has 78 valence electrons. The number of aromatic nitrogens is 3. The van der Waals surface area contributed by atoms with Crippen LogP contribution in [0.1, 0.15) is 5.56 Å². The fraction of sp³-hybridized carbons (Fsp3) is 0.111. The molecule has 0 spiro atoms. The standard InChI is InChI=1S/C9H8ClFN4/c10-7-1-2-8(11)6(3-7)4-15-5-9(12)13-14-15/h1-3,5H,4,12H2. The van der Waals surface area contributed by atoms with Crippen LogP contribution in [0.3, 0.4) is 0 Å². The van der Waals surface area contributed by atoms with Crippen molar-refractivity contribution < 1.29 is 4.39 Å². The minimum Gasteiger partial charge on any atom is -0.381 e. The quantitative estimate of drug-likeness (QED) is 0.848. The van der Waals surface area contributed by atoms with Crippen LogP contribution < -0.4 is 5.73 Å². The van der Waals surface area contributed by atoms with Crippen LogP contribution in [0.15, 0.2) is 24.4 Å². The highest BCUT2D eigenvalue weighted by molar-refractivity contribution is 6.30. The molecule has 2 aromatic rings. The molecule has 0 atom stereocenters. The summed E-state index contributed by atoms with van der Waals surface area (Å²) in [4.78, 5) is 0. The van der Waals surface area contributed by atoms with Crippen molar-refractivity contribution in [1.29, 1.82) is 0 Å². The molecule has 1 aromatic carbocycles. The Labute approximate surface area is 90.5 Å². The third kappa shape index (κ3) is 2.24. The first-order chi connectivity index (χ1) is 7.15. The van der Waals surface area contributed by atoms with Crippen molar-refractivity contribution in [2.24, 2.45) is 0 Å². The molecule has 1 aromatic heterocycles. The molecule has 0 bridgehead atoms. The van der Waals surface area contributed by atoms with E-state index in [-0.39, 0.29) is 12.4 Å². The zero-order valence-corrected chi connectivity index (χ0v) is 8.45. The Bertz CT molecular complexity index is 483. The molecule has 0 aliphatic heterocycles. The van der Waals surface area contributed by atoms with Gasteiger partial charge in [0.25, 0.3) is 0 Å². The van der Waals surface area contributed by atoms with Crippen LogP contribution in [0, 0.1) is 5.82 Å². The lowest BCUT2D eigenvalue weighted by atomic mass is 10.2. The lowest BCUT2D eigenvalue weighted by Crippen LogP contribution is -2.02. The molecule has 0 saturated carbocycles. The van der Waals surface area contributed by atoms with E-state index in [0.29, 0.717) is 16.4 Å². The maximum atomic E-state index is 13.3. The Kier molecular flexibility index (Phi) is 2.55. The highest BCUT2D eigenvalue weighted by Crippen LogP contribution is 2.15. The van der Waals surface area contributed by atoms with Crippen molar-refractivity contribution in [2.45, 2.75) is 6.54 Å². The topological polar surface area (TPSA) is 56.7 Å². The van der Waals surface area contributed by atoms with Gasteiger partial charge in [0.05, 0.1) is 12.7 Å². The number of halogens is 2. The monoisotopic (exact) mass is 226 g/mol. The zero-order valence-electron chi connectivity index (χ0n) is 7.69. The molecule has 0 radical (unpaired) electrons. The van der Waals surface area contributed by atoms with Crippen LogP contribution in [0.4, 0.5) is 10.2 Å². The first kappa shape index (κ1) is 9.92. The van der Waals surface area contributed by atoms with Crippen LogP contribution in [0.2, 0.25) is 5.02 Å². The first-order valence-corrected chi connectivity index (χ1v) is 4.62. The van der Waals surface area contributed by atoms with Gasteiger partial charge in [-0.05, 0) is 18.2 Å². The predicted octanol–water partition coefficient (Wildman–Crippen LogP) is 1.70. The molecule has 0 amide bonds. The number of nitrogens with zero attached hydrogens (tertiary/aromatic N) is 3.